The van der Waals surface area contributed by atoms with Crippen molar-refractivity contribution in [2.45, 2.75) is 32.7 Å². The van der Waals surface area contributed by atoms with Crippen molar-refractivity contribution < 1.29 is 9.47 Å². The monoisotopic (exact) mass is 370 g/mol. The van der Waals surface area contributed by atoms with Crippen molar-refractivity contribution in [1.29, 1.82) is 0 Å². The zero-order valence-corrected chi connectivity index (χ0v) is 16.7. The van der Waals surface area contributed by atoms with E-state index in [0.29, 0.717) is 0 Å². The van der Waals surface area contributed by atoms with Gasteiger partial charge in [0, 0.05) is 12.2 Å². The molecule has 0 radical (unpaired) electrons. The highest BCUT2D eigenvalue weighted by Gasteiger charge is 2.29. The minimum absolute atomic E-state index is 0.251. The minimum Gasteiger partial charge on any atom is -0.493 e. The number of thiocarbonyl (C=S) groups is 1. The van der Waals surface area contributed by atoms with E-state index in [0.717, 1.165) is 41.7 Å². The third kappa shape index (κ3) is 3.78. The lowest BCUT2D eigenvalue weighted by Gasteiger charge is -2.29. The molecule has 5 heteroatoms. The van der Waals surface area contributed by atoms with Crippen molar-refractivity contribution in [3.05, 3.63) is 53.1 Å². The Hall–Kier alpha value is -2.27. The van der Waals surface area contributed by atoms with Crippen LogP contribution in [0.25, 0.3) is 0 Å². The van der Waals surface area contributed by atoms with Crippen molar-refractivity contribution >= 4 is 23.0 Å². The number of likely N-dealkylation sites (tertiary alicyclic amines) is 1. The molecule has 3 rings (SSSR count). The molecule has 0 aromatic heterocycles. The van der Waals surface area contributed by atoms with Crippen molar-refractivity contribution in [3.63, 3.8) is 0 Å². The molecule has 1 aliphatic rings. The Morgan fingerprint density at radius 3 is 2.54 bits per heavy atom. The summed E-state index contributed by atoms with van der Waals surface area (Å²) in [6.45, 7) is 5.16. The molecule has 1 atom stereocenters. The number of hydrogen-bond donors (Lipinski definition) is 1. The van der Waals surface area contributed by atoms with Crippen LogP contribution in [0, 0.1) is 13.8 Å². The average molecular weight is 371 g/mol. The van der Waals surface area contributed by atoms with E-state index in [1.54, 1.807) is 14.2 Å². The third-order valence-electron chi connectivity index (χ3n) is 4.93. The van der Waals surface area contributed by atoms with Crippen molar-refractivity contribution in [1.82, 2.24) is 4.90 Å². The van der Waals surface area contributed by atoms with E-state index in [1.165, 1.54) is 16.7 Å². The predicted octanol–water partition coefficient (Wildman–Crippen LogP) is 4.85. The van der Waals surface area contributed by atoms with Crippen molar-refractivity contribution in [2.75, 3.05) is 26.1 Å². The standard InChI is InChI=1S/C21H26N2O2S/c1-14-7-9-17(15(2)12-14)22-21(26)23-11-5-6-18(23)16-8-10-19(24-3)20(13-16)25-4/h7-10,12-13,18H,5-6,11H2,1-4H3,(H,22,26)/t18-/m0/s1. The number of methoxy groups -OCH3 is 2. The van der Waals surface area contributed by atoms with Gasteiger partial charge >= 0.3 is 0 Å². The SMILES string of the molecule is COc1ccc([C@@H]2CCCN2C(=S)Nc2ccc(C)cc2C)cc1OC. The molecule has 1 aliphatic heterocycles. The second-order valence-corrected chi connectivity index (χ2v) is 7.10. The Kier molecular flexibility index (Phi) is 5.67. The van der Waals surface area contributed by atoms with Gasteiger partial charge in [-0.05, 0) is 68.2 Å². The lowest BCUT2D eigenvalue weighted by Crippen LogP contribution is -2.34. The lowest BCUT2D eigenvalue weighted by atomic mass is 10.0. The molecule has 26 heavy (non-hydrogen) atoms. The molecule has 1 saturated heterocycles. The van der Waals surface area contributed by atoms with Gasteiger partial charge in [-0.15, -0.1) is 0 Å². The molecule has 1 N–H and O–H groups in total. The quantitative estimate of drug-likeness (QED) is 0.778. The number of rotatable bonds is 4. The highest BCUT2D eigenvalue weighted by atomic mass is 32.1. The Labute approximate surface area is 161 Å². The molecule has 2 aromatic carbocycles. The molecule has 0 unspecified atom stereocenters. The van der Waals surface area contributed by atoms with Gasteiger partial charge < -0.3 is 19.7 Å². The maximum Gasteiger partial charge on any atom is 0.173 e. The van der Waals surface area contributed by atoms with Crippen molar-refractivity contribution in [2.24, 2.45) is 0 Å². The molecule has 0 spiro atoms. The van der Waals surface area contributed by atoms with Crippen molar-refractivity contribution in [3.8, 4) is 11.5 Å². The summed E-state index contributed by atoms with van der Waals surface area (Å²) in [6.07, 6.45) is 2.19. The molecule has 0 aliphatic carbocycles. The average Bonchev–Trinajstić information content (AvgIpc) is 3.13. The maximum absolute atomic E-state index is 5.73. The Balaban J connectivity index is 1.80. The Morgan fingerprint density at radius 1 is 1.08 bits per heavy atom. The largest absolute Gasteiger partial charge is 0.493 e. The highest BCUT2D eigenvalue weighted by Crippen LogP contribution is 2.37. The van der Waals surface area contributed by atoms with Gasteiger partial charge in [0.15, 0.2) is 16.6 Å². The van der Waals surface area contributed by atoms with Gasteiger partial charge in [-0.25, -0.2) is 0 Å². The fraction of sp³-hybridized carbons (Fsp3) is 0.381. The second-order valence-electron chi connectivity index (χ2n) is 6.71. The fourth-order valence-corrected chi connectivity index (χ4v) is 3.89. The molecular formula is C21H26N2O2S. The summed E-state index contributed by atoms with van der Waals surface area (Å²) in [5.41, 5.74) is 4.72. The Bertz CT molecular complexity index is 807. The van der Waals surface area contributed by atoms with Gasteiger partial charge in [0.1, 0.15) is 0 Å². The number of hydrogen-bond acceptors (Lipinski definition) is 3. The van der Waals surface area contributed by atoms with Crippen LogP contribution in [0.2, 0.25) is 0 Å². The van der Waals surface area contributed by atoms with Crippen LogP contribution in [0.3, 0.4) is 0 Å². The molecule has 2 aromatic rings. The number of aryl methyl sites for hydroxylation is 2. The summed E-state index contributed by atoms with van der Waals surface area (Å²) in [4.78, 5) is 2.27. The maximum atomic E-state index is 5.73. The van der Waals surface area contributed by atoms with Gasteiger partial charge in [-0.3, -0.25) is 0 Å². The van der Waals surface area contributed by atoms with E-state index in [9.17, 15) is 0 Å². The Morgan fingerprint density at radius 2 is 1.85 bits per heavy atom. The summed E-state index contributed by atoms with van der Waals surface area (Å²) in [6, 6.07) is 12.7. The van der Waals surface area contributed by atoms with Gasteiger partial charge in [-0.2, -0.15) is 0 Å². The summed E-state index contributed by atoms with van der Waals surface area (Å²) in [7, 11) is 3.32. The molecule has 0 bridgehead atoms. The van der Waals surface area contributed by atoms with Crippen LogP contribution in [0.5, 0.6) is 11.5 Å². The number of nitrogens with zero attached hydrogens (tertiary/aromatic N) is 1. The van der Waals surface area contributed by atoms with Crippen LogP contribution in [-0.2, 0) is 0 Å². The van der Waals surface area contributed by atoms with Gasteiger partial charge in [0.2, 0.25) is 0 Å². The normalized spacial score (nSPS) is 16.5. The first kappa shape index (κ1) is 18.5. The summed E-state index contributed by atoms with van der Waals surface area (Å²) < 4.78 is 10.8. The first-order valence-corrected chi connectivity index (χ1v) is 9.31. The zero-order valence-electron chi connectivity index (χ0n) is 15.8. The second kappa shape index (κ2) is 7.96. The molecule has 0 amide bonds. The minimum atomic E-state index is 0.251. The van der Waals surface area contributed by atoms with E-state index in [-0.39, 0.29) is 6.04 Å². The van der Waals surface area contributed by atoms with Crippen LogP contribution < -0.4 is 14.8 Å². The molecule has 0 saturated carbocycles. The highest BCUT2D eigenvalue weighted by molar-refractivity contribution is 7.80. The van der Waals surface area contributed by atoms with E-state index in [2.05, 4.69) is 54.4 Å². The van der Waals surface area contributed by atoms with Gasteiger partial charge in [0.05, 0.1) is 20.3 Å². The van der Waals surface area contributed by atoms with Crippen LogP contribution >= 0.6 is 12.2 Å². The van der Waals surface area contributed by atoms with Crippen LogP contribution in [0.4, 0.5) is 5.69 Å². The van der Waals surface area contributed by atoms with Gasteiger partial charge in [0.25, 0.3) is 0 Å². The predicted molar refractivity (Wildman–Crippen MR) is 110 cm³/mol. The molecule has 1 heterocycles. The summed E-state index contributed by atoms with van der Waals surface area (Å²) in [5.74, 6) is 1.50. The van der Waals surface area contributed by atoms with Crippen LogP contribution in [-0.4, -0.2) is 30.8 Å². The number of benzene rings is 2. The lowest BCUT2D eigenvalue weighted by molar-refractivity contribution is 0.351. The van der Waals surface area contributed by atoms with E-state index in [4.69, 9.17) is 21.7 Å². The number of ether oxygens (including phenoxy) is 2. The van der Waals surface area contributed by atoms with Crippen LogP contribution in [0.1, 0.15) is 35.6 Å². The summed E-state index contributed by atoms with van der Waals surface area (Å²) >= 11 is 5.73. The third-order valence-corrected chi connectivity index (χ3v) is 5.27. The summed E-state index contributed by atoms with van der Waals surface area (Å²) in [5, 5.41) is 4.20. The number of anilines is 1. The van der Waals surface area contributed by atoms with E-state index >= 15 is 0 Å². The van der Waals surface area contributed by atoms with Gasteiger partial charge in [-0.1, -0.05) is 23.8 Å². The first-order valence-electron chi connectivity index (χ1n) is 8.90. The molecule has 138 valence electrons. The fourth-order valence-electron chi connectivity index (χ4n) is 3.56. The van der Waals surface area contributed by atoms with Crippen LogP contribution in [0.15, 0.2) is 36.4 Å². The topological polar surface area (TPSA) is 33.7 Å². The smallest absolute Gasteiger partial charge is 0.173 e. The molecule has 1 fully saturated rings. The first-order chi connectivity index (χ1) is 12.5. The number of nitrogens with one attached hydrogen (secondary N) is 1. The molecule has 4 nitrogen and oxygen atoms in total. The molecular weight excluding hydrogens is 344 g/mol. The zero-order chi connectivity index (χ0) is 18.7. The van der Waals surface area contributed by atoms with E-state index < -0.39 is 0 Å². The van der Waals surface area contributed by atoms with E-state index in [1.807, 2.05) is 6.07 Å².